The van der Waals surface area contributed by atoms with E-state index in [4.69, 9.17) is 4.74 Å². The molecule has 3 nitrogen and oxygen atoms in total. The highest BCUT2D eigenvalue weighted by Crippen LogP contribution is 2.20. The normalized spacial score (nSPS) is 16.9. The molecule has 0 aliphatic carbocycles. The molecular weight excluding hydrogens is 391 g/mol. The van der Waals surface area contributed by atoms with Crippen LogP contribution in [-0.4, -0.2) is 49.1 Å². The molecule has 1 fully saturated rings. The Balaban J connectivity index is 0.00000196. The Kier molecular flexibility index (Phi) is 12.2. The molecule has 1 aliphatic heterocycles. The first-order chi connectivity index (χ1) is 12.8. The van der Waals surface area contributed by atoms with E-state index in [1.165, 1.54) is 37.8 Å². The minimum absolute atomic E-state index is 0. The number of rotatable bonds is 9. The van der Waals surface area contributed by atoms with Crippen LogP contribution in [0.5, 0.6) is 5.75 Å². The van der Waals surface area contributed by atoms with Gasteiger partial charge in [-0.3, -0.25) is 4.90 Å². The maximum atomic E-state index is 5.91. The third-order valence-corrected chi connectivity index (χ3v) is 5.28. The van der Waals surface area contributed by atoms with Crippen LogP contribution in [0.1, 0.15) is 31.2 Å². The van der Waals surface area contributed by atoms with Crippen molar-refractivity contribution in [1.29, 1.82) is 0 Å². The molecule has 1 heterocycles. The molecule has 0 bridgehead atoms. The van der Waals surface area contributed by atoms with Gasteiger partial charge in [-0.25, -0.2) is 0 Å². The van der Waals surface area contributed by atoms with Crippen LogP contribution in [0.3, 0.4) is 0 Å². The number of halogens is 2. The zero-order valence-corrected chi connectivity index (χ0v) is 18.5. The molecular formula is C23H34Cl2N2O. The molecule has 0 spiro atoms. The Morgan fingerprint density at radius 1 is 0.964 bits per heavy atom. The first-order valence-electron chi connectivity index (χ1n) is 9.95. The molecule has 156 valence electrons. The lowest BCUT2D eigenvalue weighted by Gasteiger charge is -2.36. The third-order valence-electron chi connectivity index (χ3n) is 5.28. The van der Waals surface area contributed by atoms with Crippen molar-refractivity contribution in [2.45, 2.75) is 38.3 Å². The van der Waals surface area contributed by atoms with Crippen molar-refractivity contribution < 1.29 is 4.74 Å². The lowest BCUT2D eigenvalue weighted by atomic mass is 9.99. The SMILES string of the molecule is CN(CCC1CCCCN1CCOc1ccccc1)Cc1ccccc1.Cl.Cl. The Labute approximate surface area is 182 Å². The molecule has 2 aromatic rings. The van der Waals surface area contributed by atoms with Gasteiger partial charge in [-0.2, -0.15) is 0 Å². The molecule has 28 heavy (non-hydrogen) atoms. The van der Waals surface area contributed by atoms with E-state index < -0.39 is 0 Å². The summed E-state index contributed by atoms with van der Waals surface area (Å²) in [5, 5.41) is 0. The first-order valence-corrected chi connectivity index (χ1v) is 9.95. The highest BCUT2D eigenvalue weighted by molar-refractivity contribution is 5.85. The smallest absolute Gasteiger partial charge is 0.119 e. The van der Waals surface area contributed by atoms with Crippen LogP contribution in [-0.2, 0) is 6.54 Å². The van der Waals surface area contributed by atoms with Gasteiger partial charge in [-0.1, -0.05) is 55.0 Å². The number of ether oxygens (including phenoxy) is 1. The summed E-state index contributed by atoms with van der Waals surface area (Å²) in [6.45, 7) is 5.20. The summed E-state index contributed by atoms with van der Waals surface area (Å²) in [5.41, 5.74) is 1.40. The molecule has 3 rings (SSSR count). The molecule has 0 N–H and O–H groups in total. The van der Waals surface area contributed by atoms with E-state index in [9.17, 15) is 0 Å². The van der Waals surface area contributed by atoms with Crippen LogP contribution in [0.15, 0.2) is 60.7 Å². The summed E-state index contributed by atoms with van der Waals surface area (Å²) < 4.78 is 5.91. The van der Waals surface area contributed by atoms with Gasteiger partial charge in [0.15, 0.2) is 0 Å². The molecule has 1 unspecified atom stereocenters. The van der Waals surface area contributed by atoms with Gasteiger partial charge < -0.3 is 9.64 Å². The van der Waals surface area contributed by atoms with E-state index in [0.29, 0.717) is 6.04 Å². The van der Waals surface area contributed by atoms with Crippen molar-refractivity contribution in [3.8, 4) is 5.75 Å². The number of hydrogen-bond donors (Lipinski definition) is 0. The maximum Gasteiger partial charge on any atom is 0.119 e. The van der Waals surface area contributed by atoms with Gasteiger partial charge >= 0.3 is 0 Å². The Morgan fingerprint density at radius 2 is 1.64 bits per heavy atom. The van der Waals surface area contributed by atoms with Gasteiger partial charge in [0.1, 0.15) is 12.4 Å². The summed E-state index contributed by atoms with van der Waals surface area (Å²) in [7, 11) is 2.23. The topological polar surface area (TPSA) is 15.7 Å². The summed E-state index contributed by atoms with van der Waals surface area (Å²) in [6, 6.07) is 21.6. The first kappa shape index (κ1) is 24.8. The molecule has 1 saturated heterocycles. The van der Waals surface area contributed by atoms with E-state index in [1.54, 1.807) is 0 Å². The van der Waals surface area contributed by atoms with Crippen molar-refractivity contribution >= 4 is 24.8 Å². The zero-order valence-electron chi connectivity index (χ0n) is 16.8. The van der Waals surface area contributed by atoms with E-state index in [2.05, 4.69) is 47.2 Å². The minimum atomic E-state index is 0. The van der Waals surface area contributed by atoms with Crippen LogP contribution < -0.4 is 4.74 Å². The highest BCUT2D eigenvalue weighted by atomic mass is 35.5. The van der Waals surface area contributed by atoms with Gasteiger partial charge in [0, 0.05) is 19.1 Å². The summed E-state index contributed by atoms with van der Waals surface area (Å²) in [6.07, 6.45) is 5.25. The van der Waals surface area contributed by atoms with Crippen molar-refractivity contribution in [3.63, 3.8) is 0 Å². The summed E-state index contributed by atoms with van der Waals surface area (Å²) >= 11 is 0. The highest BCUT2D eigenvalue weighted by Gasteiger charge is 2.22. The fourth-order valence-electron chi connectivity index (χ4n) is 3.82. The van der Waals surface area contributed by atoms with Crippen LogP contribution >= 0.6 is 24.8 Å². The maximum absolute atomic E-state index is 5.91. The molecule has 0 aromatic heterocycles. The molecule has 0 amide bonds. The average molecular weight is 425 g/mol. The Bertz CT molecular complexity index is 627. The number of para-hydroxylation sites is 1. The lowest BCUT2D eigenvalue weighted by Crippen LogP contribution is -2.43. The van der Waals surface area contributed by atoms with Crippen LogP contribution in [0.25, 0.3) is 0 Å². The number of piperidine rings is 1. The van der Waals surface area contributed by atoms with Gasteiger partial charge in [-0.05, 0) is 57.1 Å². The van der Waals surface area contributed by atoms with Crippen LogP contribution in [0.4, 0.5) is 0 Å². The number of nitrogens with zero attached hydrogens (tertiary/aromatic N) is 2. The number of likely N-dealkylation sites (tertiary alicyclic amines) is 1. The van der Waals surface area contributed by atoms with Crippen molar-refractivity contribution in [3.05, 3.63) is 66.2 Å². The fourth-order valence-corrected chi connectivity index (χ4v) is 3.82. The van der Waals surface area contributed by atoms with E-state index in [0.717, 1.165) is 32.0 Å². The minimum Gasteiger partial charge on any atom is -0.492 e. The monoisotopic (exact) mass is 424 g/mol. The standard InChI is InChI=1S/C23H32N2O.2ClH/c1-24(20-21-10-4-2-5-11-21)17-15-22-12-8-9-16-25(22)18-19-26-23-13-6-3-7-14-23;;/h2-7,10-11,13-14,22H,8-9,12,15-20H2,1H3;2*1H. The van der Waals surface area contributed by atoms with Gasteiger partial charge in [-0.15, -0.1) is 24.8 Å². The molecule has 5 heteroatoms. The molecule has 1 aliphatic rings. The predicted molar refractivity (Wildman–Crippen MR) is 123 cm³/mol. The summed E-state index contributed by atoms with van der Waals surface area (Å²) in [4.78, 5) is 5.09. The number of hydrogen-bond acceptors (Lipinski definition) is 3. The molecule has 0 radical (unpaired) electrons. The largest absolute Gasteiger partial charge is 0.492 e. The second-order valence-corrected chi connectivity index (χ2v) is 7.36. The Hall–Kier alpha value is -1.26. The van der Waals surface area contributed by atoms with Crippen molar-refractivity contribution in [1.82, 2.24) is 9.80 Å². The lowest BCUT2D eigenvalue weighted by molar-refractivity contribution is 0.108. The second-order valence-electron chi connectivity index (χ2n) is 7.36. The Morgan fingerprint density at radius 3 is 2.36 bits per heavy atom. The van der Waals surface area contributed by atoms with Gasteiger partial charge in [0.2, 0.25) is 0 Å². The molecule has 0 saturated carbocycles. The summed E-state index contributed by atoms with van der Waals surface area (Å²) in [5.74, 6) is 0.976. The van der Waals surface area contributed by atoms with E-state index >= 15 is 0 Å². The molecule has 1 atom stereocenters. The number of benzene rings is 2. The van der Waals surface area contributed by atoms with E-state index in [1.807, 2.05) is 30.3 Å². The van der Waals surface area contributed by atoms with Crippen molar-refractivity contribution in [2.75, 3.05) is 33.3 Å². The second kappa shape index (κ2) is 13.8. The third kappa shape index (κ3) is 8.40. The predicted octanol–water partition coefficient (Wildman–Crippen LogP) is 5.29. The van der Waals surface area contributed by atoms with Gasteiger partial charge in [0.25, 0.3) is 0 Å². The fraction of sp³-hybridized carbons (Fsp3) is 0.478. The van der Waals surface area contributed by atoms with Crippen molar-refractivity contribution in [2.24, 2.45) is 0 Å². The van der Waals surface area contributed by atoms with Gasteiger partial charge in [0.05, 0.1) is 0 Å². The molecule has 2 aromatic carbocycles. The zero-order chi connectivity index (χ0) is 18.0. The van der Waals surface area contributed by atoms with E-state index in [-0.39, 0.29) is 24.8 Å². The van der Waals surface area contributed by atoms with Crippen LogP contribution in [0.2, 0.25) is 0 Å². The quantitative estimate of drug-likeness (QED) is 0.543. The van der Waals surface area contributed by atoms with Crippen LogP contribution in [0, 0.1) is 0 Å². The average Bonchev–Trinajstić information content (AvgIpc) is 2.69.